The van der Waals surface area contributed by atoms with Gasteiger partial charge in [-0.25, -0.2) is 13.1 Å². The molecule has 0 bridgehead atoms. The summed E-state index contributed by atoms with van der Waals surface area (Å²) in [5.74, 6) is 0. The Morgan fingerprint density at radius 1 is 1.20 bits per heavy atom. The van der Waals surface area contributed by atoms with E-state index in [0.717, 1.165) is 12.8 Å². The average Bonchev–Trinajstić information content (AvgIpc) is 2.33. The summed E-state index contributed by atoms with van der Waals surface area (Å²) in [6.45, 7) is 6.27. The smallest absolute Gasteiger partial charge is 0.242 e. The van der Waals surface area contributed by atoms with Gasteiger partial charge in [-0.1, -0.05) is 12.1 Å². The van der Waals surface area contributed by atoms with Crippen LogP contribution in [0.1, 0.15) is 33.6 Å². The zero-order valence-corrected chi connectivity index (χ0v) is 13.2. The van der Waals surface area contributed by atoms with Crippen LogP contribution in [0.3, 0.4) is 0 Å². The largest absolute Gasteiger partial charge is 0.384 e. The molecule has 4 N–H and O–H groups in total. The first kappa shape index (κ1) is 16.9. The van der Waals surface area contributed by atoms with Gasteiger partial charge in [0, 0.05) is 18.6 Å². The van der Waals surface area contributed by atoms with E-state index in [9.17, 15) is 8.42 Å². The Balaban J connectivity index is 2.78. The number of rotatable bonds is 8. The van der Waals surface area contributed by atoms with E-state index in [2.05, 4.69) is 10.0 Å². The first-order chi connectivity index (χ1) is 9.33. The van der Waals surface area contributed by atoms with Crippen molar-refractivity contribution in [3.8, 4) is 0 Å². The summed E-state index contributed by atoms with van der Waals surface area (Å²) in [4.78, 5) is 0.287. The average molecular weight is 299 g/mol. The van der Waals surface area contributed by atoms with Crippen molar-refractivity contribution in [3.63, 3.8) is 0 Å². The molecule has 20 heavy (non-hydrogen) atoms. The minimum Gasteiger partial charge on any atom is -0.384 e. The molecule has 0 spiro atoms. The summed E-state index contributed by atoms with van der Waals surface area (Å²) in [5, 5.41) is 3.17. The van der Waals surface area contributed by atoms with Crippen molar-refractivity contribution in [2.24, 2.45) is 5.73 Å². The molecule has 0 fully saturated rings. The highest BCUT2D eigenvalue weighted by Crippen LogP contribution is 2.21. The number of hydrogen-bond acceptors (Lipinski definition) is 4. The first-order valence-corrected chi connectivity index (χ1v) is 8.42. The molecule has 1 aromatic rings. The number of para-hydroxylation sites is 1. The van der Waals surface area contributed by atoms with Gasteiger partial charge >= 0.3 is 0 Å². The van der Waals surface area contributed by atoms with Crippen LogP contribution in [0.2, 0.25) is 0 Å². The zero-order chi connectivity index (χ0) is 15.2. The predicted octanol–water partition coefficient (Wildman–Crippen LogP) is 1.91. The lowest BCUT2D eigenvalue weighted by Gasteiger charge is -2.15. The molecule has 1 rings (SSSR count). The van der Waals surface area contributed by atoms with Gasteiger partial charge in [0.2, 0.25) is 10.0 Å². The van der Waals surface area contributed by atoms with E-state index in [1.807, 2.05) is 13.0 Å². The molecule has 1 unspecified atom stereocenters. The van der Waals surface area contributed by atoms with Gasteiger partial charge in [0.25, 0.3) is 0 Å². The van der Waals surface area contributed by atoms with Gasteiger partial charge in [0.05, 0.1) is 5.69 Å². The second-order valence-corrected chi connectivity index (χ2v) is 7.00. The summed E-state index contributed by atoms with van der Waals surface area (Å²) in [6.07, 6.45) is 1.82. The van der Waals surface area contributed by atoms with E-state index in [-0.39, 0.29) is 17.0 Å². The van der Waals surface area contributed by atoms with Crippen LogP contribution in [0.15, 0.2) is 29.2 Å². The third-order valence-corrected chi connectivity index (χ3v) is 4.44. The standard InChI is InChI=1S/C14H25N3O2S/c1-11(2)17-20(18,19)14-9-5-4-8-13(14)16-10-6-7-12(3)15/h4-5,8-9,11-12,16-17H,6-7,10,15H2,1-3H3. The van der Waals surface area contributed by atoms with Gasteiger partial charge in [-0.15, -0.1) is 0 Å². The van der Waals surface area contributed by atoms with E-state index in [1.54, 1.807) is 32.0 Å². The number of benzene rings is 1. The molecule has 5 nitrogen and oxygen atoms in total. The lowest BCUT2D eigenvalue weighted by atomic mass is 10.2. The zero-order valence-electron chi connectivity index (χ0n) is 12.4. The Morgan fingerprint density at radius 3 is 2.45 bits per heavy atom. The highest BCUT2D eigenvalue weighted by molar-refractivity contribution is 7.89. The Labute approximate surface area is 122 Å². The van der Waals surface area contributed by atoms with Gasteiger partial charge in [0.15, 0.2) is 0 Å². The maximum Gasteiger partial charge on any atom is 0.242 e. The SMILES string of the molecule is CC(N)CCCNc1ccccc1S(=O)(=O)NC(C)C. The molecule has 0 aliphatic heterocycles. The fraction of sp³-hybridized carbons (Fsp3) is 0.571. The second-order valence-electron chi connectivity index (χ2n) is 5.32. The predicted molar refractivity (Wildman–Crippen MR) is 83.3 cm³/mol. The summed E-state index contributed by atoms with van der Waals surface area (Å²) < 4.78 is 27.1. The molecular formula is C14H25N3O2S. The van der Waals surface area contributed by atoms with Crippen molar-refractivity contribution in [3.05, 3.63) is 24.3 Å². The van der Waals surface area contributed by atoms with Crippen molar-refractivity contribution in [2.75, 3.05) is 11.9 Å². The molecule has 0 aliphatic rings. The lowest BCUT2D eigenvalue weighted by Crippen LogP contribution is -2.30. The molecule has 6 heteroatoms. The van der Waals surface area contributed by atoms with Crippen LogP contribution in [0.25, 0.3) is 0 Å². The van der Waals surface area contributed by atoms with E-state index >= 15 is 0 Å². The van der Waals surface area contributed by atoms with Crippen molar-refractivity contribution in [1.82, 2.24) is 4.72 Å². The molecular weight excluding hydrogens is 274 g/mol. The number of nitrogens with one attached hydrogen (secondary N) is 2. The van der Waals surface area contributed by atoms with Crippen molar-refractivity contribution in [1.29, 1.82) is 0 Å². The Kier molecular flexibility index (Phi) is 6.45. The van der Waals surface area contributed by atoms with Crippen LogP contribution in [0, 0.1) is 0 Å². The van der Waals surface area contributed by atoms with Crippen LogP contribution in [-0.4, -0.2) is 27.0 Å². The van der Waals surface area contributed by atoms with E-state index in [0.29, 0.717) is 12.2 Å². The Bertz CT molecular complexity index is 513. The maximum absolute atomic E-state index is 12.2. The molecule has 0 saturated carbocycles. The van der Waals surface area contributed by atoms with Crippen molar-refractivity contribution in [2.45, 2.75) is 50.6 Å². The monoisotopic (exact) mass is 299 g/mol. The molecule has 114 valence electrons. The fourth-order valence-corrected chi connectivity index (χ4v) is 3.30. The van der Waals surface area contributed by atoms with Gasteiger partial charge in [-0.2, -0.15) is 0 Å². The van der Waals surface area contributed by atoms with E-state index in [4.69, 9.17) is 5.73 Å². The Morgan fingerprint density at radius 2 is 1.85 bits per heavy atom. The molecule has 0 heterocycles. The maximum atomic E-state index is 12.2. The third-order valence-electron chi connectivity index (χ3n) is 2.72. The second kappa shape index (κ2) is 7.61. The quantitative estimate of drug-likeness (QED) is 0.640. The number of hydrogen-bond donors (Lipinski definition) is 3. The van der Waals surface area contributed by atoms with Crippen LogP contribution < -0.4 is 15.8 Å². The van der Waals surface area contributed by atoms with E-state index in [1.165, 1.54) is 0 Å². The number of nitrogens with two attached hydrogens (primary N) is 1. The van der Waals surface area contributed by atoms with Crippen molar-refractivity contribution >= 4 is 15.7 Å². The number of anilines is 1. The topological polar surface area (TPSA) is 84.2 Å². The Hall–Kier alpha value is -1.11. The minimum absolute atomic E-state index is 0.133. The van der Waals surface area contributed by atoms with Gasteiger partial charge in [-0.3, -0.25) is 0 Å². The normalized spacial score (nSPS) is 13.4. The van der Waals surface area contributed by atoms with Crippen molar-refractivity contribution < 1.29 is 8.42 Å². The molecule has 0 aliphatic carbocycles. The van der Waals surface area contributed by atoms with Gasteiger partial charge in [-0.05, 0) is 45.7 Å². The molecule has 0 aromatic heterocycles. The highest BCUT2D eigenvalue weighted by Gasteiger charge is 2.18. The van der Waals surface area contributed by atoms with Crippen LogP contribution in [-0.2, 0) is 10.0 Å². The van der Waals surface area contributed by atoms with Crippen LogP contribution >= 0.6 is 0 Å². The van der Waals surface area contributed by atoms with Gasteiger partial charge in [0.1, 0.15) is 4.90 Å². The van der Waals surface area contributed by atoms with Crippen LogP contribution in [0.4, 0.5) is 5.69 Å². The summed E-state index contributed by atoms with van der Waals surface area (Å²) >= 11 is 0. The highest BCUT2D eigenvalue weighted by atomic mass is 32.2. The molecule has 0 amide bonds. The van der Waals surface area contributed by atoms with Gasteiger partial charge < -0.3 is 11.1 Å². The number of sulfonamides is 1. The summed E-state index contributed by atoms with van der Waals surface area (Å²) in [6, 6.07) is 6.97. The lowest BCUT2D eigenvalue weighted by molar-refractivity contribution is 0.570. The molecule has 1 atom stereocenters. The van der Waals surface area contributed by atoms with Crippen LogP contribution in [0.5, 0.6) is 0 Å². The summed E-state index contributed by atoms with van der Waals surface area (Å²) in [5.41, 5.74) is 6.32. The first-order valence-electron chi connectivity index (χ1n) is 6.93. The molecule has 1 aromatic carbocycles. The third kappa shape index (κ3) is 5.48. The fourth-order valence-electron chi connectivity index (χ4n) is 1.87. The summed E-state index contributed by atoms with van der Waals surface area (Å²) in [7, 11) is -3.48. The molecule has 0 radical (unpaired) electrons. The molecule has 0 saturated heterocycles. The minimum atomic E-state index is -3.48. The van der Waals surface area contributed by atoms with E-state index < -0.39 is 10.0 Å².